The second kappa shape index (κ2) is 11.0. The Morgan fingerprint density at radius 3 is 2.60 bits per heavy atom. The Morgan fingerprint density at radius 1 is 1.17 bits per heavy atom. The minimum absolute atomic E-state index is 0.0243. The summed E-state index contributed by atoms with van der Waals surface area (Å²) in [6.45, 7) is -0.377. The first-order valence-electron chi connectivity index (χ1n) is 13.6. The quantitative estimate of drug-likeness (QED) is 0.338. The molecule has 1 aliphatic carbocycles. The molecule has 6 rings (SSSR count). The molecular formula is C30H26F4N4O2S2. The molecule has 2 aromatic carbocycles. The molecule has 1 saturated carbocycles. The van der Waals surface area contributed by atoms with E-state index in [-0.39, 0.29) is 23.7 Å². The molecule has 3 aliphatic rings. The average Bonchev–Trinajstić information content (AvgIpc) is 3.79. The molecule has 3 heterocycles. The monoisotopic (exact) mass is 614 g/mol. The molecule has 0 bridgehead atoms. The number of benzene rings is 2. The molecule has 2 aliphatic heterocycles. The van der Waals surface area contributed by atoms with E-state index in [0.29, 0.717) is 34.2 Å². The van der Waals surface area contributed by atoms with Crippen molar-refractivity contribution in [2.24, 2.45) is 5.92 Å². The number of thioether (sulfide) groups is 1. The summed E-state index contributed by atoms with van der Waals surface area (Å²) in [5, 5.41) is 12.0. The van der Waals surface area contributed by atoms with Crippen LogP contribution in [0.15, 0.2) is 59.6 Å². The minimum atomic E-state index is -4.72. The minimum Gasteiger partial charge on any atom is -0.346 e. The predicted molar refractivity (Wildman–Crippen MR) is 152 cm³/mol. The Bertz CT molecular complexity index is 1610. The number of fused-ring (bicyclic) bond motifs is 2. The van der Waals surface area contributed by atoms with Gasteiger partial charge < -0.3 is 5.32 Å². The van der Waals surface area contributed by atoms with Crippen molar-refractivity contribution in [3.8, 4) is 6.07 Å². The molecular weight excluding hydrogens is 588 g/mol. The molecule has 1 amide bonds. The van der Waals surface area contributed by atoms with E-state index in [4.69, 9.17) is 0 Å². The molecule has 1 spiro atoms. The van der Waals surface area contributed by atoms with Crippen molar-refractivity contribution in [2.75, 3.05) is 15.8 Å². The van der Waals surface area contributed by atoms with Crippen LogP contribution >= 0.6 is 11.8 Å². The maximum absolute atomic E-state index is 14.3. The lowest BCUT2D eigenvalue weighted by molar-refractivity contribution is -0.138. The summed E-state index contributed by atoms with van der Waals surface area (Å²) in [5.41, 5.74) is 0.707. The van der Waals surface area contributed by atoms with Crippen molar-refractivity contribution in [3.05, 3.63) is 88.5 Å². The summed E-state index contributed by atoms with van der Waals surface area (Å²) >= 11 is 1.87. The smallest absolute Gasteiger partial charge is 0.346 e. The van der Waals surface area contributed by atoms with Crippen LogP contribution in [-0.4, -0.2) is 32.6 Å². The zero-order valence-electron chi connectivity index (χ0n) is 22.3. The number of nitrogens with one attached hydrogen (secondary N) is 1. The molecule has 2 atom stereocenters. The van der Waals surface area contributed by atoms with Crippen molar-refractivity contribution < 1.29 is 26.6 Å². The summed E-state index contributed by atoms with van der Waals surface area (Å²) in [6.07, 6.45) is -0.393. The van der Waals surface area contributed by atoms with Gasteiger partial charge >= 0.3 is 6.18 Å². The number of nitrogens with zero attached hydrogens (tertiary/aromatic N) is 3. The number of aromatic nitrogens is 1. The predicted octanol–water partition coefficient (Wildman–Crippen LogP) is 6.13. The fourth-order valence-electron chi connectivity index (χ4n) is 6.15. The number of anilines is 1. The molecule has 6 nitrogen and oxygen atoms in total. The van der Waals surface area contributed by atoms with Gasteiger partial charge in [-0.1, -0.05) is 6.07 Å². The van der Waals surface area contributed by atoms with Gasteiger partial charge in [-0.3, -0.25) is 14.1 Å². The molecule has 1 aromatic heterocycles. The van der Waals surface area contributed by atoms with Crippen LogP contribution in [-0.2, 0) is 29.1 Å². The van der Waals surface area contributed by atoms with Gasteiger partial charge in [0.25, 0.3) is 5.91 Å². The van der Waals surface area contributed by atoms with E-state index in [2.05, 4.69) is 16.4 Å². The Labute approximate surface area is 247 Å². The standard InChI is InChI=1S/C30H26F4N4O2S2/c31-24-14-21(30(32,33)34)16-36-25(24)17-37-28(39)20-6-7-26-23(13-20)29(8-10-41-11-9-29)27(19-4-5-19)38(26)42(40)22-3-1-2-18(12-22)15-35/h1-3,6-7,12-14,16,19,27H,4-5,8-11,17H2,(H,37,39). The average molecular weight is 615 g/mol. The molecule has 2 unspecified atom stereocenters. The number of pyridine rings is 1. The molecule has 12 heteroatoms. The third-order valence-corrected chi connectivity index (χ3v) is 10.7. The Morgan fingerprint density at radius 2 is 1.93 bits per heavy atom. The van der Waals surface area contributed by atoms with Gasteiger partial charge in [-0.2, -0.15) is 30.2 Å². The maximum Gasteiger partial charge on any atom is 0.417 e. The zero-order chi connectivity index (χ0) is 29.6. The van der Waals surface area contributed by atoms with Gasteiger partial charge in [0.1, 0.15) is 5.82 Å². The third-order valence-electron chi connectivity index (χ3n) is 8.31. The first kappa shape index (κ1) is 28.7. The fourth-order valence-corrected chi connectivity index (χ4v) is 8.94. The van der Waals surface area contributed by atoms with Gasteiger partial charge in [-0.05, 0) is 91.1 Å². The van der Waals surface area contributed by atoms with Crippen molar-refractivity contribution in [1.82, 2.24) is 10.3 Å². The molecule has 0 radical (unpaired) electrons. The van der Waals surface area contributed by atoms with Gasteiger partial charge in [-0.25, -0.2) is 8.60 Å². The van der Waals surface area contributed by atoms with E-state index in [1.807, 2.05) is 22.1 Å². The van der Waals surface area contributed by atoms with Crippen LogP contribution in [0.5, 0.6) is 0 Å². The maximum atomic E-state index is 14.3. The number of hydrogen-bond acceptors (Lipinski definition) is 5. The Balaban J connectivity index is 1.33. The largest absolute Gasteiger partial charge is 0.417 e. The Kier molecular flexibility index (Phi) is 7.51. The molecule has 1 saturated heterocycles. The van der Waals surface area contributed by atoms with Gasteiger partial charge in [0.2, 0.25) is 0 Å². The number of carbonyl (C=O) groups excluding carboxylic acids is 1. The van der Waals surface area contributed by atoms with E-state index in [1.54, 1.807) is 36.4 Å². The van der Waals surface area contributed by atoms with E-state index in [1.165, 1.54) is 0 Å². The van der Waals surface area contributed by atoms with Crippen LogP contribution in [0, 0.1) is 23.1 Å². The molecule has 3 aromatic rings. The van der Waals surface area contributed by atoms with Gasteiger partial charge in [0.05, 0.1) is 46.1 Å². The molecule has 1 N–H and O–H groups in total. The lowest BCUT2D eigenvalue weighted by atomic mass is 9.70. The highest BCUT2D eigenvalue weighted by Crippen LogP contribution is 2.59. The molecule has 42 heavy (non-hydrogen) atoms. The van der Waals surface area contributed by atoms with E-state index in [0.717, 1.165) is 48.4 Å². The second-order valence-corrected chi connectivity index (χ2v) is 13.4. The number of alkyl halides is 3. The third kappa shape index (κ3) is 5.17. The van der Waals surface area contributed by atoms with E-state index >= 15 is 0 Å². The van der Waals surface area contributed by atoms with Gasteiger partial charge in [0, 0.05) is 17.2 Å². The van der Waals surface area contributed by atoms with Crippen LogP contribution in [0.4, 0.5) is 23.2 Å². The number of rotatable bonds is 6. The normalized spacial score (nSPS) is 20.2. The highest BCUT2D eigenvalue weighted by molar-refractivity contribution is 7.99. The van der Waals surface area contributed by atoms with Crippen molar-refractivity contribution in [1.29, 1.82) is 5.26 Å². The number of carbonyl (C=O) groups is 1. The van der Waals surface area contributed by atoms with E-state index < -0.39 is 34.4 Å². The lowest BCUT2D eigenvalue weighted by Crippen LogP contribution is -2.49. The summed E-state index contributed by atoms with van der Waals surface area (Å²) in [6, 6.07) is 14.5. The van der Waals surface area contributed by atoms with Crippen LogP contribution in [0.25, 0.3) is 0 Å². The number of hydrogen-bond donors (Lipinski definition) is 1. The van der Waals surface area contributed by atoms with Crippen molar-refractivity contribution in [2.45, 2.75) is 54.8 Å². The van der Waals surface area contributed by atoms with E-state index in [9.17, 15) is 31.8 Å². The van der Waals surface area contributed by atoms with Crippen molar-refractivity contribution in [3.63, 3.8) is 0 Å². The Hall–Kier alpha value is -3.43. The highest BCUT2D eigenvalue weighted by Gasteiger charge is 2.58. The van der Waals surface area contributed by atoms with Crippen molar-refractivity contribution >= 4 is 34.3 Å². The molecule has 2 fully saturated rings. The first-order chi connectivity index (χ1) is 20.1. The number of amides is 1. The van der Waals surface area contributed by atoms with Crippen LogP contribution in [0.2, 0.25) is 0 Å². The van der Waals surface area contributed by atoms with Crippen LogP contribution < -0.4 is 9.62 Å². The summed E-state index contributed by atoms with van der Waals surface area (Å²) < 4.78 is 69.1. The summed E-state index contributed by atoms with van der Waals surface area (Å²) in [4.78, 5) is 17.3. The van der Waals surface area contributed by atoms with Gasteiger partial charge in [0.15, 0.2) is 11.0 Å². The van der Waals surface area contributed by atoms with Crippen LogP contribution in [0.3, 0.4) is 0 Å². The SMILES string of the molecule is N#Cc1cccc(S(=O)N2c3ccc(C(=O)NCc4ncc(C(F)(F)F)cc4F)cc3C3(CCSCC3)C2C2CC2)c1. The number of halogens is 4. The number of nitriles is 1. The highest BCUT2D eigenvalue weighted by atomic mass is 32.2. The lowest BCUT2D eigenvalue weighted by Gasteiger charge is -2.41. The fraction of sp³-hybridized carbons (Fsp3) is 0.367. The van der Waals surface area contributed by atoms with Gasteiger partial charge in [-0.15, -0.1) is 0 Å². The zero-order valence-corrected chi connectivity index (χ0v) is 23.9. The first-order valence-corrected chi connectivity index (χ1v) is 15.8. The van der Waals surface area contributed by atoms with Crippen LogP contribution in [0.1, 0.15) is 58.4 Å². The second-order valence-electron chi connectivity index (χ2n) is 10.8. The summed E-state index contributed by atoms with van der Waals surface area (Å²) in [7, 11) is -1.58. The topological polar surface area (TPSA) is 86.1 Å². The molecule has 218 valence electrons. The summed E-state index contributed by atoms with van der Waals surface area (Å²) in [5.74, 6) is 0.562.